The number of aromatic nitrogens is 2. The summed E-state index contributed by atoms with van der Waals surface area (Å²) in [6, 6.07) is 0. The van der Waals surface area contributed by atoms with Crippen molar-refractivity contribution in [2.75, 3.05) is 5.32 Å². The van der Waals surface area contributed by atoms with Gasteiger partial charge in [0.25, 0.3) is 5.91 Å². The number of carbonyl (C=O) groups excluding carboxylic acids is 2. The maximum atomic E-state index is 12.4. The Labute approximate surface area is 127 Å². The zero-order valence-electron chi connectivity index (χ0n) is 12.4. The summed E-state index contributed by atoms with van der Waals surface area (Å²) >= 11 is 0. The molecule has 0 radical (unpaired) electrons. The van der Waals surface area contributed by atoms with Crippen molar-refractivity contribution in [2.24, 2.45) is 17.6 Å². The summed E-state index contributed by atoms with van der Waals surface area (Å²) < 4.78 is 1.40. The average Bonchev–Trinajstić information content (AvgIpc) is 2.90. The standard InChI is InChI=1S/C14H20N4O4/c1-2-18-11(12(15)19)10(7-16-18)17-13(20)8-5-3-4-6-9(8)14(21)22/h7-9H,2-6H2,1H3,(H2,15,19)(H,17,20)(H,21,22). The highest BCUT2D eigenvalue weighted by Gasteiger charge is 2.36. The van der Waals surface area contributed by atoms with Crippen LogP contribution in [0.15, 0.2) is 6.20 Å². The van der Waals surface area contributed by atoms with Crippen molar-refractivity contribution >= 4 is 23.5 Å². The van der Waals surface area contributed by atoms with Crippen LogP contribution in [0.4, 0.5) is 5.69 Å². The van der Waals surface area contributed by atoms with Crippen molar-refractivity contribution in [1.82, 2.24) is 9.78 Å². The van der Waals surface area contributed by atoms with Crippen LogP contribution < -0.4 is 11.1 Å². The maximum absolute atomic E-state index is 12.4. The fourth-order valence-corrected chi connectivity index (χ4v) is 2.94. The molecule has 1 aromatic rings. The lowest BCUT2D eigenvalue weighted by molar-refractivity contribution is -0.147. The molecule has 22 heavy (non-hydrogen) atoms. The largest absolute Gasteiger partial charge is 0.481 e. The van der Waals surface area contributed by atoms with Gasteiger partial charge in [0.1, 0.15) is 5.69 Å². The van der Waals surface area contributed by atoms with Crippen LogP contribution in [0.1, 0.15) is 43.1 Å². The van der Waals surface area contributed by atoms with E-state index in [4.69, 9.17) is 5.73 Å². The normalized spacial score (nSPS) is 21.3. The summed E-state index contributed by atoms with van der Waals surface area (Å²) in [5.41, 5.74) is 5.67. The Hall–Kier alpha value is -2.38. The number of carbonyl (C=O) groups is 3. The Morgan fingerprint density at radius 1 is 1.36 bits per heavy atom. The monoisotopic (exact) mass is 308 g/mol. The van der Waals surface area contributed by atoms with E-state index in [-0.39, 0.29) is 11.4 Å². The van der Waals surface area contributed by atoms with Gasteiger partial charge >= 0.3 is 5.97 Å². The number of nitrogens with two attached hydrogens (primary N) is 1. The number of rotatable bonds is 5. The molecule has 1 heterocycles. The minimum atomic E-state index is -0.959. The molecule has 2 rings (SSSR count). The summed E-state index contributed by atoms with van der Waals surface area (Å²) in [7, 11) is 0. The minimum absolute atomic E-state index is 0.124. The second-order valence-electron chi connectivity index (χ2n) is 5.41. The van der Waals surface area contributed by atoms with Crippen LogP contribution in [-0.4, -0.2) is 32.7 Å². The molecule has 2 unspecified atom stereocenters. The van der Waals surface area contributed by atoms with E-state index in [1.807, 2.05) is 0 Å². The Kier molecular flexibility index (Phi) is 4.79. The fourth-order valence-electron chi connectivity index (χ4n) is 2.94. The first-order valence-corrected chi connectivity index (χ1v) is 7.35. The summed E-state index contributed by atoms with van der Waals surface area (Å²) in [5.74, 6) is -3.33. The van der Waals surface area contributed by atoms with Crippen molar-refractivity contribution < 1.29 is 19.5 Å². The van der Waals surface area contributed by atoms with Gasteiger partial charge in [-0.1, -0.05) is 12.8 Å². The molecule has 8 nitrogen and oxygen atoms in total. The molecule has 2 amide bonds. The Morgan fingerprint density at radius 3 is 2.55 bits per heavy atom. The van der Waals surface area contributed by atoms with Crippen LogP contribution in [0.5, 0.6) is 0 Å². The van der Waals surface area contributed by atoms with Gasteiger partial charge in [-0.15, -0.1) is 0 Å². The van der Waals surface area contributed by atoms with Gasteiger partial charge in [-0.2, -0.15) is 5.10 Å². The number of aliphatic carboxylic acids is 1. The Morgan fingerprint density at radius 2 is 2.00 bits per heavy atom. The van der Waals surface area contributed by atoms with Crippen LogP contribution in [0.2, 0.25) is 0 Å². The summed E-state index contributed by atoms with van der Waals surface area (Å²) in [6.07, 6.45) is 4.00. The van der Waals surface area contributed by atoms with Crippen LogP contribution in [0, 0.1) is 11.8 Å². The predicted molar refractivity (Wildman–Crippen MR) is 78.1 cm³/mol. The van der Waals surface area contributed by atoms with Gasteiger partial charge < -0.3 is 16.2 Å². The molecule has 4 N–H and O–H groups in total. The van der Waals surface area contributed by atoms with Crippen molar-refractivity contribution in [3.05, 3.63) is 11.9 Å². The first kappa shape index (κ1) is 16.0. The van der Waals surface area contributed by atoms with Crippen LogP contribution >= 0.6 is 0 Å². The molecular formula is C14H20N4O4. The quantitative estimate of drug-likeness (QED) is 0.742. The number of aryl methyl sites for hydroxylation is 1. The van der Waals surface area contributed by atoms with Gasteiger partial charge in [0.05, 0.1) is 23.7 Å². The Bertz CT molecular complexity index is 596. The molecule has 0 bridgehead atoms. The third-order valence-corrected chi connectivity index (χ3v) is 4.05. The lowest BCUT2D eigenvalue weighted by atomic mass is 9.78. The first-order chi connectivity index (χ1) is 10.5. The van der Waals surface area contributed by atoms with E-state index in [1.54, 1.807) is 6.92 Å². The van der Waals surface area contributed by atoms with E-state index in [9.17, 15) is 19.5 Å². The molecule has 0 aliphatic heterocycles. The number of primary amides is 1. The number of carboxylic acid groups (broad SMARTS) is 1. The van der Waals surface area contributed by atoms with Crippen LogP contribution in [0.3, 0.4) is 0 Å². The van der Waals surface area contributed by atoms with E-state index in [0.717, 1.165) is 12.8 Å². The number of hydrogen-bond acceptors (Lipinski definition) is 4. The van der Waals surface area contributed by atoms with E-state index in [1.165, 1.54) is 10.9 Å². The molecule has 1 aliphatic carbocycles. The topological polar surface area (TPSA) is 127 Å². The molecule has 1 fully saturated rings. The Balaban J connectivity index is 2.19. The fraction of sp³-hybridized carbons (Fsp3) is 0.571. The molecule has 1 aliphatic rings. The first-order valence-electron chi connectivity index (χ1n) is 7.35. The molecule has 1 aromatic heterocycles. The maximum Gasteiger partial charge on any atom is 0.307 e. The minimum Gasteiger partial charge on any atom is -0.481 e. The van der Waals surface area contributed by atoms with Gasteiger partial charge in [0.2, 0.25) is 5.91 Å². The van der Waals surface area contributed by atoms with Gasteiger partial charge in [0, 0.05) is 6.54 Å². The molecule has 0 spiro atoms. The van der Waals surface area contributed by atoms with E-state index in [2.05, 4.69) is 10.4 Å². The van der Waals surface area contributed by atoms with E-state index in [0.29, 0.717) is 19.4 Å². The number of hydrogen-bond donors (Lipinski definition) is 3. The van der Waals surface area contributed by atoms with E-state index < -0.39 is 29.6 Å². The second-order valence-corrected chi connectivity index (χ2v) is 5.41. The molecule has 8 heteroatoms. The smallest absolute Gasteiger partial charge is 0.307 e. The summed E-state index contributed by atoms with van der Waals surface area (Å²) in [4.78, 5) is 35.2. The molecule has 1 saturated carbocycles. The molecule has 0 saturated heterocycles. The van der Waals surface area contributed by atoms with Crippen molar-refractivity contribution in [1.29, 1.82) is 0 Å². The zero-order valence-corrected chi connectivity index (χ0v) is 12.4. The highest BCUT2D eigenvalue weighted by molar-refractivity contribution is 6.02. The van der Waals surface area contributed by atoms with Gasteiger partial charge in [0.15, 0.2) is 0 Å². The van der Waals surface area contributed by atoms with Crippen molar-refractivity contribution in [3.8, 4) is 0 Å². The number of nitrogens with one attached hydrogen (secondary N) is 1. The van der Waals surface area contributed by atoms with Crippen LogP contribution in [0.25, 0.3) is 0 Å². The van der Waals surface area contributed by atoms with E-state index >= 15 is 0 Å². The molecular weight excluding hydrogens is 288 g/mol. The lowest BCUT2D eigenvalue weighted by Crippen LogP contribution is -2.36. The number of anilines is 1. The van der Waals surface area contributed by atoms with Gasteiger partial charge in [-0.3, -0.25) is 19.1 Å². The van der Waals surface area contributed by atoms with Crippen molar-refractivity contribution in [2.45, 2.75) is 39.2 Å². The number of nitrogens with zero attached hydrogens (tertiary/aromatic N) is 2. The van der Waals surface area contributed by atoms with Crippen LogP contribution in [-0.2, 0) is 16.1 Å². The highest BCUT2D eigenvalue weighted by atomic mass is 16.4. The SMILES string of the molecule is CCn1ncc(NC(=O)C2CCCCC2C(=O)O)c1C(N)=O. The zero-order chi connectivity index (χ0) is 16.3. The molecule has 2 atom stereocenters. The second kappa shape index (κ2) is 6.59. The third kappa shape index (κ3) is 3.10. The highest BCUT2D eigenvalue weighted by Crippen LogP contribution is 2.31. The number of amides is 2. The summed E-state index contributed by atoms with van der Waals surface area (Å²) in [6.45, 7) is 2.24. The van der Waals surface area contributed by atoms with Gasteiger partial charge in [-0.25, -0.2) is 0 Å². The van der Waals surface area contributed by atoms with Crippen molar-refractivity contribution in [3.63, 3.8) is 0 Å². The lowest BCUT2D eigenvalue weighted by Gasteiger charge is -2.27. The predicted octanol–water partition coefficient (Wildman–Crippen LogP) is 0.831. The third-order valence-electron chi connectivity index (χ3n) is 4.05. The van der Waals surface area contributed by atoms with Gasteiger partial charge in [-0.05, 0) is 19.8 Å². The molecule has 0 aromatic carbocycles. The average molecular weight is 308 g/mol. The summed E-state index contributed by atoms with van der Waals surface area (Å²) in [5, 5.41) is 15.8. The molecule has 120 valence electrons. The number of carboxylic acids is 1.